The van der Waals surface area contributed by atoms with Crippen molar-refractivity contribution in [2.24, 2.45) is 13.0 Å². The molecule has 16 nitrogen and oxygen atoms in total. The normalized spacial score (nSPS) is 18.7. The van der Waals surface area contributed by atoms with Gasteiger partial charge in [-0.3, -0.25) is 19.1 Å². The third kappa shape index (κ3) is 12.6. The van der Waals surface area contributed by atoms with Crippen LogP contribution < -0.4 is 11.1 Å². The van der Waals surface area contributed by atoms with E-state index < -0.39 is 18.0 Å². The molecule has 1 aromatic heterocycles. The van der Waals surface area contributed by atoms with Crippen molar-refractivity contribution >= 4 is 40.8 Å². The predicted octanol–water partition coefficient (Wildman–Crippen LogP) is 4.28. The van der Waals surface area contributed by atoms with Crippen LogP contribution in [0.25, 0.3) is 11.1 Å². The second kappa shape index (κ2) is 21.7. The fourth-order valence-corrected chi connectivity index (χ4v) is 8.41. The van der Waals surface area contributed by atoms with Gasteiger partial charge in [-0.1, -0.05) is 38.6 Å². The molecule has 7 rings (SSSR count). The molecule has 1 atom stereocenters. The third-order valence-electron chi connectivity index (χ3n) is 12.2. The summed E-state index contributed by atoms with van der Waals surface area (Å²) < 4.78 is 18.0. The molecule has 336 valence electrons. The number of carbonyl (C=O) groups excluding carboxylic acids is 4. The van der Waals surface area contributed by atoms with Gasteiger partial charge in [0.05, 0.1) is 12.1 Å². The second-order valence-electron chi connectivity index (χ2n) is 17.1. The monoisotopic (exact) mass is 849 g/mol. The zero-order chi connectivity index (χ0) is 42.9. The summed E-state index contributed by atoms with van der Waals surface area (Å²) in [6.45, 7) is 12.0. The molecular weight excluding hydrogens is 781 g/mol. The molecular formula is C45H68N8O8. The fourth-order valence-electron chi connectivity index (χ4n) is 8.41. The number of benzene rings is 2. The largest absolute Gasteiger partial charge is 0.463 e. The molecule has 0 saturated carbocycles. The average molecular weight is 849 g/mol. The highest BCUT2D eigenvalue weighted by Crippen LogP contribution is 2.26. The van der Waals surface area contributed by atoms with Crippen molar-refractivity contribution < 1.29 is 33.1 Å². The minimum Gasteiger partial charge on any atom is -0.463 e. The molecule has 3 saturated heterocycles. The SMILES string of the molecule is C.CC1CCN(CC(=O)OCCN(C)C)CC1.Cc1cc(C[C@@H](OC(=O)N2CCC(N3CCc4ccccc4NC3=O)CC2)C(=O)N2CCN(C)CC2)cc2oc(=O)n(C)c12. The number of piperazine rings is 1. The van der Waals surface area contributed by atoms with Gasteiger partial charge in [0.2, 0.25) is 0 Å². The highest BCUT2D eigenvalue weighted by Gasteiger charge is 2.35. The zero-order valence-electron chi connectivity index (χ0n) is 36.3. The zero-order valence-corrected chi connectivity index (χ0v) is 36.3. The maximum atomic E-state index is 13.7. The number of likely N-dealkylation sites (N-methyl/N-ethyl adjacent to an activating group) is 2. The topological polar surface area (TPSA) is 153 Å². The molecule has 2 aromatic carbocycles. The first kappa shape index (κ1) is 47.1. The summed E-state index contributed by atoms with van der Waals surface area (Å²) in [6, 6.07) is 11.4. The molecule has 0 aliphatic carbocycles. The van der Waals surface area contributed by atoms with Crippen molar-refractivity contribution in [2.45, 2.75) is 71.9 Å². The van der Waals surface area contributed by atoms with Crippen molar-refractivity contribution in [1.29, 1.82) is 0 Å². The Balaban J connectivity index is 0.000000351. The Morgan fingerprint density at radius 2 is 1.59 bits per heavy atom. The summed E-state index contributed by atoms with van der Waals surface area (Å²) >= 11 is 0. The predicted molar refractivity (Wildman–Crippen MR) is 236 cm³/mol. The van der Waals surface area contributed by atoms with Crippen LogP contribution in [0, 0.1) is 12.8 Å². The maximum absolute atomic E-state index is 13.7. The Morgan fingerprint density at radius 1 is 0.902 bits per heavy atom. The van der Waals surface area contributed by atoms with Gasteiger partial charge in [-0.2, -0.15) is 0 Å². The Morgan fingerprint density at radius 3 is 2.28 bits per heavy atom. The minimum atomic E-state index is -1.02. The van der Waals surface area contributed by atoms with Crippen molar-refractivity contribution in [2.75, 3.05) is 105 Å². The van der Waals surface area contributed by atoms with Crippen LogP contribution in [0.5, 0.6) is 0 Å². The number of nitrogens with one attached hydrogen (secondary N) is 1. The van der Waals surface area contributed by atoms with E-state index in [1.54, 1.807) is 22.9 Å². The van der Waals surface area contributed by atoms with E-state index in [1.807, 2.05) is 68.2 Å². The van der Waals surface area contributed by atoms with Crippen LogP contribution in [-0.2, 0) is 39.0 Å². The van der Waals surface area contributed by atoms with Gasteiger partial charge in [0, 0.05) is 77.6 Å². The summed E-state index contributed by atoms with van der Waals surface area (Å²) in [6.07, 6.45) is 3.02. The number of fused-ring (bicyclic) bond motifs is 2. The van der Waals surface area contributed by atoms with Crippen molar-refractivity contribution in [3.05, 3.63) is 63.6 Å². The Kier molecular flexibility index (Phi) is 16.8. The van der Waals surface area contributed by atoms with Gasteiger partial charge in [-0.15, -0.1) is 0 Å². The van der Waals surface area contributed by atoms with E-state index >= 15 is 0 Å². The van der Waals surface area contributed by atoms with Gasteiger partial charge in [0.25, 0.3) is 5.91 Å². The number of anilines is 1. The molecule has 0 spiro atoms. The Bertz CT molecular complexity index is 2010. The van der Waals surface area contributed by atoms with Crippen LogP contribution in [0.4, 0.5) is 15.3 Å². The molecule has 4 aliphatic rings. The molecule has 3 aromatic rings. The number of hydrogen-bond acceptors (Lipinski definition) is 11. The summed E-state index contributed by atoms with van der Waals surface area (Å²) in [5.74, 6) is 0.0363. The van der Waals surface area contributed by atoms with Gasteiger partial charge in [-0.05, 0) is 108 Å². The quantitative estimate of drug-likeness (QED) is 0.291. The third-order valence-corrected chi connectivity index (χ3v) is 12.2. The van der Waals surface area contributed by atoms with E-state index in [1.165, 1.54) is 17.4 Å². The smallest absolute Gasteiger partial charge is 0.419 e. The lowest BCUT2D eigenvalue weighted by Gasteiger charge is -2.38. The van der Waals surface area contributed by atoms with Crippen LogP contribution >= 0.6 is 0 Å². The number of piperidine rings is 2. The molecule has 4 aliphatic heterocycles. The van der Waals surface area contributed by atoms with Gasteiger partial charge >= 0.3 is 23.8 Å². The maximum Gasteiger partial charge on any atom is 0.419 e. The number of para-hydroxylation sites is 1. The van der Waals surface area contributed by atoms with Crippen LogP contribution in [0.15, 0.2) is 45.6 Å². The van der Waals surface area contributed by atoms with Crippen LogP contribution in [0.3, 0.4) is 0 Å². The molecule has 0 bridgehead atoms. The average Bonchev–Trinajstić information content (AvgIpc) is 3.40. The second-order valence-corrected chi connectivity index (χ2v) is 17.1. The number of hydrogen-bond donors (Lipinski definition) is 1. The van der Waals surface area contributed by atoms with Crippen LogP contribution in [0.1, 0.15) is 56.7 Å². The number of aromatic nitrogens is 1. The number of aryl methyl sites for hydroxylation is 2. The minimum absolute atomic E-state index is 0. The number of ether oxygens (including phenoxy) is 2. The molecule has 0 unspecified atom stereocenters. The standard InChI is InChI=1S/C32H40N6O6.C12H24N2O2.CH4/c1-21-18-22(19-26-28(21)35(3)31(41)43-26)20-27(29(39)36-16-14-34(2)15-17-36)44-32(42)37-11-9-24(10-12-37)38-13-8-23-6-4-5-7-25(23)33-30(38)40;1-11-4-6-14(7-5-11)10-12(15)16-9-8-13(2)3;/h4-7,18-19,24,27H,8-17,20H2,1-3H3,(H,33,40);11H,4-10H2,1-3H3;1H4/t27-;;/m1../s1. The Labute approximate surface area is 360 Å². The molecule has 16 heteroatoms. The number of carbonyl (C=O) groups is 4. The number of likely N-dealkylation sites (tertiary alicyclic amines) is 2. The van der Waals surface area contributed by atoms with Gasteiger partial charge in [0.15, 0.2) is 11.7 Å². The van der Waals surface area contributed by atoms with E-state index in [4.69, 9.17) is 13.9 Å². The molecule has 4 amide bonds. The van der Waals surface area contributed by atoms with E-state index in [0.717, 1.165) is 67.4 Å². The van der Waals surface area contributed by atoms with Crippen LogP contribution in [-0.4, -0.2) is 170 Å². The first-order chi connectivity index (χ1) is 28.7. The fraction of sp³-hybridized carbons (Fsp3) is 0.622. The molecule has 0 radical (unpaired) electrons. The lowest BCUT2D eigenvalue weighted by atomic mass is 9.99. The van der Waals surface area contributed by atoms with E-state index in [9.17, 15) is 24.0 Å². The van der Waals surface area contributed by atoms with E-state index in [2.05, 4.69) is 22.0 Å². The number of urea groups is 1. The number of nitrogens with zero attached hydrogens (tertiary/aromatic N) is 7. The van der Waals surface area contributed by atoms with E-state index in [-0.39, 0.29) is 37.8 Å². The summed E-state index contributed by atoms with van der Waals surface area (Å²) in [7, 11) is 7.62. The molecule has 61 heavy (non-hydrogen) atoms. The number of oxazole rings is 1. The molecule has 5 heterocycles. The van der Waals surface area contributed by atoms with Gasteiger partial charge in [-0.25, -0.2) is 14.4 Å². The lowest BCUT2D eigenvalue weighted by Crippen LogP contribution is -2.53. The molecule has 3 fully saturated rings. The first-order valence-corrected chi connectivity index (χ1v) is 21.5. The van der Waals surface area contributed by atoms with Crippen molar-refractivity contribution in [1.82, 2.24) is 34.0 Å². The Hall–Kier alpha value is -4.93. The highest BCUT2D eigenvalue weighted by atomic mass is 16.6. The van der Waals surface area contributed by atoms with Crippen LogP contribution in [0.2, 0.25) is 0 Å². The first-order valence-electron chi connectivity index (χ1n) is 21.5. The number of esters is 1. The van der Waals surface area contributed by atoms with Crippen molar-refractivity contribution in [3.8, 4) is 0 Å². The number of amides is 4. The van der Waals surface area contributed by atoms with Gasteiger partial charge in [0.1, 0.15) is 6.61 Å². The summed E-state index contributed by atoms with van der Waals surface area (Å²) in [5, 5.41) is 3.03. The van der Waals surface area contributed by atoms with Gasteiger partial charge < -0.3 is 43.7 Å². The van der Waals surface area contributed by atoms with E-state index in [0.29, 0.717) is 69.8 Å². The summed E-state index contributed by atoms with van der Waals surface area (Å²) in [4.78, 5) is 75.5. The lowest BCUT2D eigenvalue weighted by molar-refractivity contribution is -0.145. The highest BCUT2D eigenvalue weighted by molar-refractivity contribution is 5.91. The summed E-state index contributed by atoms with van der Waals surface area (Å²) in [5.41, 5.74) is 4.68. The number of rotatable bonds is 10. The van der Waals surface area contributed by atoms with Crippen molar-refractivity contribution in [3.63, 3.8) is 0 Å². The molecule has 1 N–H and O–H groups in total.